The van der Waals surface area contributed by atoms with E-state index in [4.69, 9.17) is 10.7 Å². The van der Waals surface area contributed by atoms with Crippen LogP contribution in [0.25, 0.3) is 0 Å². The van der Waals surface area contributed by atoms with Crippen molar-refractivity contribution >= 4 is 29.8 Å². The molecule has 1 aliphatic heterocycles. The Kier molecular flexibility index (Phi) is 4.68. The van der Waals surface area contributed by atoms with Crippen molar-refractivity contribution in [2.75, 3.05) is 6.54 Å². The lowest BCUT2D eigenvalue weighted by Crippen LogP contribution is -2.44. The van der Waals surface area contributed by atoms with Gasteiger partial charge in [0.25, 0.3) is 9.05 Å². The van der Waals surface area contributed by atoms with Gasteiger partial charge < -0.3 is 0 Å². The minimum Gasteiger partial charge on any atom is -0.207 e. The maximum absolute atomic E-state index is 12.7. The van der Waals surface area contributed by atoms with Crippen molar-refractivity contribution in [1.82, 2.24) is 4.31 Å². The van der Waals surface area contributed by atoms with Gasteiger partial charge in [0.1, 0.15) is 0 Å². The van der Waals surface area contributed by atoms with Gasteiger partial charge in [-0.2, -0.15) is 4.31 Å². The zero-order valence-corrected chi connectivity index (χ0v) is 14.2. The maximum atomic E-state index is 12.7. The molecular formula is C13H18ClNO4S2. The van der Waals surface area contributed by atoms with Gasteiger partial charge >= 0.3 is 0 Å². The number of rotatable bonds is 3. The minimum atomic E-state index is -3.95. The van der Waals surface area contributed by atoms with Gasteiger partial charge in [0.2, 0.25) is 10.0 Å². The van der Waals surface area contributed by atoms with Gasteiger partial charge in [-0.25, -0.2) is 16.8 Å². The molecule has 0 saturated carbocycles. The molecule has 1 aliphatic rings. The van der Waals surface area contributed by atoms with E-state index in [0.717, 1.165) is 18.9 Å². The fourth-order valence-electron chi connectivity index (χ4n) is 2.50. The summed E-state index contributed by atoms with van der Waals surface area (Å²) in [5.74, 6) is 0.288. The highest BCUT2D eigenvalue weighted by molar-refractivity contribution is 8.13. The first-order chi connectivity index (χ1) is 9.62. The Morgan fingerprint density at radius 2 is 1.71 bits per heavy atom. The summed E-state index contributed by atoms with van der Waals surface area (Å²) < 4.78 is 49.6. The van der Waals surface area contributed by atoms with E-state index >= 15 is 0 Å². The van der Waals surface area contributed by atoms with Crippen LogP contribution in [-0.4, -0.2) is 33.7 Å². The monoisotopic (exact) mass is 351 g/mol. The molecule has 0 amide bonds. The zero-order chi connectivity index (χ0) is 15.8. The topological polar surface area (TPSA) is 71.5 Å². The molecule has 0 N–H and O–H groups in total. The van der Waals surface area contributed by atoms with Gasteiger partial charge in [-0.05, 0) is 43.9 Å². The van der Waals surface area contributed by atoms with Gasteiger partial charge in [0.05, 0.1) is 9.79 Å². The van der Waals surface area contributed by atoms with Crippen LogP contribution in [0.3, 0.4) is 0 Å². The van der Waals surface area contributed by atoms with Crippen LogP contribution >= 0.6 is 10.7 Å². The van der Waals surface area contributed by atoms with Crippen molar-refractivity contribution in [2.24, 2.45) is 5.92 Å². The Morgan fingerprint density at radius 3 is 2.33 bits per heavy atom. The third-order valence-electron chi connectivity index (χ3n) is 3.75. The number of halogens is 1. The fraction of sp³-hybridized carbons (Fsp3) is 0.538. The van der Waals surface area contributed by atoms with Crippen LogP contribution in [-0.2, 0) is 19.1 Å². The number of sulfonamides is 1. The maximum Gasteiger partial charge on any atom is 0.261 e. The summed E-state index contributed by atoms with van der Waals surface area (Å²) in [6.45, 7) is 4.32. The number of piperidine rings is 1. The number of nitrogens with zero attached hydrogens (tertiary/aromatic N) is 1. The molecule has 8 heteroatoms. The molecule has 1 aromatic carbocycles. The van der Waals surface area contributed by atoms with E-state index in [1.54, 1.807) is 0 Å². The summed E-state index contributed by atoms with van der Waals surface area (Å²) in [5.41, 5.74) is 0. The number of benzene rings is 1. The number of hydrogen-bond donors (Lipinski definition) is 0. The number of hydrogen-bond acceptors (Lipinski definition) is 4. The van der Waals surface area contributed by atoms with Crippen molar-refractivity contribution in [3.05, 3.63) is 24.3 Å². The standard InChI is InChI=1S/C13H18ClNO4S2/c1-10-6-7-11(2)15(9-10)21(18,19)13-5-3-4-12(8-13)20(14,16)17/h3-5,8,10-11H,6-7,9H2,1-2H3. The van der Waals surface area contributed by atoms with E-state index in [1.807, 2.05) is 13.8 Å². The molecule has 2 rings (SSSR count). The van der Waals surface area contributed by atoms with Crippen LogP contribution < -0.4 is 0 Å². The molecule has 21 heavy (non-hydrogen) atoms. The van der Waals surface area contributed by atoms with Crippen LogP contribution in [0.2, 0.25) is 0 Å². The van der Waals surface area contributed by atoms with E-state index in [9.17, 15) is 16.8 Å². The zero-order valence-electron chi connectivity index (χ0n) is 11.9. The Labute approximate surface area is 130 Å². The second-order valence-corrected chi connectivity index (χ2v) is 9.98. The smallest absolute Gasteiger partial charge is 0.207 e. The molecule has 2 unspecified atom stereocenters. The highest BCUT2D eigenvalue weighted by atomic mass is 35.7. The summed E-state index contributed by atoms with van der Waals surface area (Å²) in [6, 6.07) is 5.09. The van der Waals surface area contributed by atoms with Gasteiger partial charge in [-0.15, -0.1) is 0 Å². The van der Waals surface area contributed by atoms with Crippen molar-refractivity contribution in [1.29, 1.82) is 0 Å². The quantitative estimate of drug-likeness (QED) is 0.784. The Bertz CT molecular complexity index is 730. The first-order valence-corrected chi connectivity index (χ1v) is 10.4. The molecule has 0 aromatic heterocycles. The molecule has 0 aliphatic carbocycles. The van der Waals surface area contributed by atoms with Crippen LogP contribution in [0.1, 0.15) is 26.7 Å². The van der Waals surface area contributed by atoms with E-state index in [2.05, 4.69) is 0 Å². The second-order valence-electron chi connectivity index (χ2n) is 5.52. The average molecular weight is 352 g/mol. The average Bonchev–Trinajstić information content (AvgIpc) is 2.40. The van der Waals surface area contributed by atoms with Crippen molar-refractivity contribution in [3.8, 4) is 0 Å². The summed E-state index contributed by atoms with van der Waals surface area (Å²) in [7, 11) is -2.39. The van der Waals surface area contributed by atoms with E-state index in [-0.39, 0.29) is 21.8 Å². The van der Waals surface area contributed by atoms with Crippen LogP contribution in [0, 0.1) is 5.92 Å². The third kappa shape index (κ3) is 3.59. The predicted molar refractivity (Wildman–Crippen MR) is 81.2 cm³/mol. The lowest BCUT2D eigenvalue weighted by molar-refractivity contribution is 0.218. The molecular weight excluding hydrogens is 334 g/mol. The molecule has 1 fully saturated rings. The molecule has 1 heterocycles. The molecule has 1 saturated heterocycles. The molecule has 1 aromatic rings. The summed E-state index contributed by atoms with van der Waals surface area (Å²) in [6.07, 6.45) is 1.79. The lowest BCUT2D eigenvalue weighted by Gasteiger charge is -2.35. The predicted octanol–water partition coefficient (Wildman–Crippen LogP) is 2.42. The first kappa shape index (κ1) is 16.7. The normalized spacial score (nSPS) is 24.9. The molecule has 5 nitrogen and oxygen atoms in total. The molecule has 118 valence electrons. The van der Waals surface area contributed by atoms with Crippen molar-refractivity contribution in [3.63, 3.8) is 0 Å². The van der Waals surface area contributed by atoms with Gasteiger partial charge in [0.15, 0.2) is 0 Å². The largest absolute Gasteiger partial charge is 0.261 e. The Morgan fingerprint density at radius 1 is 1.10 bits per heavy atom. The Hall–Kier alpha value is -0.630. The summed E-state index contributed by atoms with van der Waals surface area (Å²) in [4.78, 5) is -0.242. The second kappa shape index (κ2) is 5.87. The van der Waals surface area contributed by atoms with Crippen molar-refractivity contribution < 1.29 is 16.8 Å². The highest BCUT2D eigenvalue weighted by Crippen LogP contribution is 2.29. The van der Waals surface area contributed by atoms with Gasteiger partial charge in [-0.1, -0.05) is 13.0 Å². The van der Waals surface area contributed by atoms with Crippen LogP contribution in [0.4, 0.5) is 0 Å². The van der Waals surface area contributed by atoms with E-state index in [1.165, 1.54) is 22.5 Å². The minimum absolute atomic E-state index is 0.0369. The third-order valence-corrected chi connectivity index (χ3v) is 7.08. The summed E-state index contributed by atoms with van der Waals surface area (Å²) >= 11 is 0. The highest BCUT2D eigenvalue weighted by Gasteiger charge is 2.33. The molecule has 2 atom stereocenters. The van der Waals surface area contributed by atoms with Crippen molar-refractivity contribution in [2.45, 2.75) is 42.5 Å². The Balaban J connectivity index is 2.44. The SMILES string of the molecule is CC1CCC(C)N(S(=O)(=O)c2cccc(S(=O)(=O)Cl)c2)C1. The molecule has 0 spiro atoms. The summed E-state index contributed by atoms with van der Waals surface area (Å²) in [5, 5.41) is 0. The van der Waals surface area contributed by atoms with Gasteiger partial charge in [0, 0.05) is 23.3 Å². The lowest BCUT2D eigenvalue weighted by atomic mass is 9.97. The van der Waals surface area contributed by atoms with E-state index < -0.39 is 19.1 Å². The van der Waals surface area contributed by atoms with Gasteiger partial charge in [-0.3, -0.25) is 0 Å². The fourth-order valence-corrected chi connectivity index (χ4v) is 5.20. The van der Waals surface area contributed by atoms with Crippen LogP contribution in [0.15, 0.2) is 34.1 Å². The van der Waals surface area contributed by atoms with Crippen LogP contribution in [0.5, 0.6) is 0 Å². The molecule has 0 radical (unpaired) electrons. The van der Waals surface area contributed by atoms with E-state index in [0.29, 0.717) is 6.54 Å². The first-order valence-electron chi connectivity index (χ1n) is 6.69. The molecule has 0 bridgehead atoms.